The van der Waals surface area contributed by atoms with E-state index in [4.69, 9.17) is 0 Å². The Hall–Kier alpha value is -1.10. The van der Waals surface area contributed by atoms with Gasteiger partial charge in [-0.1, -0.05) is 26.7 Å². The molecule has 21 heavy (non-hydrogen) atoms. The van der Waals surface area contributed by atoms with Crippen LogP contribution in [0.2, 0.25) is 0 Å². The van der Waals surface area contributed by atoms with Crippen molar-refractivity contribution in [1.29, 1.82) is 0 Å². The molecule has 1 unspecified atom stereocenters. The van der Waals surface area contributed by atoms with Crippen LogP contribution in [-0.2, 0) is 9.59 Å². The predicted molar refractivity (Wildman–Crippen MR) is 80.6 cm³/mol. The van der Waals surface area contributed by atoms with Gasteiger partial charge >= 0.3 is 0 Å². The zero-order valence-electron chi connectivity index (χ0n) is 13.4. The van der Waals surface area contributed by atoms with Crippen LogP contribution in [0.15, 0.2) is 0 Å². The molecule has 0 aromatic heterocycles. The minimum atomic E-state index is -0.713. The Morgan fingerprint density at radius 2 is 1.67 bits per heavy atom. The van der Waals surface area contributed by atoms with E-state index in [1.165, 1.54) is 0 Å². The highest BCUT2D eigenvalue weighted by Gasteiger charge is 2.41. The Balaban J connectivity index is 1.72. The molecule has 1 atom stereocenters. The van der Waals surface area contributed by atoms with Crippen LogP contribution < -0.4 is 5.32 Å². The van der Waals surface area contributed by atoms with Crippen molar-refractivity contribution in [3.05, 3.63) is 0 Å². The first kappa shape index (κ1) is 16.3. The number of hydrogen-bond donors (Lipinski definition) is 2. The third-order valence-electron chi connectivity index (χ3n) is 5.31. The monoisotopic (exact) mass is 296 g/mol. The summed E-state index contributed by atoms with van der Waals surface area (Å²) in [5.41, 5.74) is -0.488. The number of aliphatic hydroxyl groups is 1. The quantitative estimate of drug-likeness (QED) is 0.776. The minimum Gasteiger partial charge on any atom is -0.389 e. The maximum absolute atomic E-state index is 12.3. The van der Waals surface area contributed by atoms with Gasteiger partial charge in [-0.25, -0.2) is 0 Å². The van der Waals surface area contributed by atoms with Crippen molar-refractivity contribution in [2.45, 2.75) is 58.5 Å². The Kier molecular flexibility index (Phi) is 4.61. The molecule has 2 N–H and O–H groups in total. The smallest absolute Gasteiger partial charge is 0.228 e. The van der Waals surface area contributed by atoms with E-state index in [-0.39, 0.29) is 35.7 Å². The van der Waals surface area contributed by atoms with Crippen LogP contribution in [0.25, 0.3) is 0 Å². The van der Waals surface area contributed by atoms with E-state index in [9.17, 15) is 14.7 Å². The highest BCUT2D eigenvalue weighted by molar-refractivity contribution is 5.83. The van der Waals surface area contributed by atoms with Crippen molar-refractivity contribution in [1.82, 2.24) is 10.2 Å². The predicted octanol–water partition coefficient (Wildman–Crippen LogP) is 1.30. The van der Waals surface area contributed by atoms with E-state index >= 15 is 0 Å². The molecule has 0 bridgehead atoms. The molecule has 0 saturated heterocycles. The molecular weight excluding hydrogens is 268 g/mol. The zero-order valence-corrected chi connectivity index (χ0v) is 13.4. The van der Waals surface area contributed by atoms with Crippen molar-refractivity contribution < 1.29 is 14.7 Å². The number of nitrogens with one attached hydrogen (secondary N) is 1. The fourth-order valence-electron chi connectivity index (χ4n) is 3.20. The Morgan fingerprint density at radius 1 is 1.14 bits per heavy atom. The second-order valence-electron chi connectivity index (χ2n) is 7.38. The van der Waals surface area contributed by atoms with Crippen molar-refractivity contribution >= 4 is 11.8 Å². The van der Waals surface area contributed by atoms with Gasteiger partial charge in [-0.15, -0.1) is 0 Å². The molecule has 2 saturated carbocycles. The standard InChI is InChI=1S/C16H28N2O3/c1-15(6-4-7-15)13(20)17-10-12(19)11-18(3)14(21)16(2)8-5-9-16/h12,19H,4-11H2,1-3H3,(H,17,20). The SMILES string of the molecule is CN(CC(O)CNC(=O)C1(C)CCC1)C(=O)C1(C)CCC1. The minimum absolute atomic E-state index is 0.0211. The summed E-state index contributed by atoms with van der Waals surface area (Å²) in [5.74, 6) is 0.123. The fraction of sp³-hybridized carbons (Fsp3) is 0.875. The number of nitrogens with zero attached hydrogens (tertiary/aromatic N) is 1. The molecular formula is C16H28N2O3. The van der Waals surface area contributed by atoms with Crippen LogP contribution in [0.5, 0.6) is 0 Å². The van der Waals surface area contributed by atoms with Crippen LogP contribution >= 0.6 is 0 Å². The van der Waals surface area contributed by atoms with Gasteiger partial charge in [-0.2, -0.15) is 0 Å². The number of aliphatic hydroxyl groups excluding tert-OH is 1. The molecule has 120 valence electrons. The zero-order chi connectivity index (χ0) is 15.7. The third-order valence-corrected chi connectivity index (χ3v) is 5.31. The summed E-state index contributed by atoms with van der Waals surface area (Å²) in [7, 11) is 1.73. The lowest BCUT2D eigenvalue weighted by Gasteiger charge is -2.40. The topological polar surface area (TPSA) is 69.6 Å². The highest BCUT2D eigenvalue weighted by atomic mass is 16.3. The fourth-order valence-corrected chi connectivity index (χ4v) is 3.20. The van der Waals surface area contributed by atoms with Crippen molar-refractivity contribution in [2.24, 2.45) is 10.8 Å². The molecule has 0 spiro atoms. The number of likely N-dealkylation sites (N-methyl/N-ethyl adjacent to an activating group) is 1. The summed E-state index contributed by atoms with van der Waals surface area (Å²) in [4.78, 5) is 25.8. The van der Waals surface area contributed by atoms with Gasteiger partial charge in [0.15, 0.2) is 0 Å². The van der Waals surface area contributed by atoms with E-state index in [1.54, 1.807) is 11.9 Å². The first-order valence-electron chi connectivity index (χ1n) is 7.99. The third kappa shape index (κ3) is 3.39. The van der Waals surface area contributed by atoms with Crippen LogP contribution in [-0.4, -0.2) is 48.1 Å². The molecule has 2 aliphatic rings. The lowest BCUT2D eigenvalue weighted by atomic mass is 9.69. The van der Waals surface area contributed by atoms with Gasteiger partial charge < -0.3 is 15.3 Å². The maximum atomic E-state index is 12.3. The van der Waals surface area contributed by atoms with E-state index in [0.29, 0.717) is 0 Å². The largest absolute Gasteiger partial charge is 0.389 e. The van der Waals surface area contributed by atoms with Gasteiger partial charge in [-0.05, 0) is 25.7 Å². The van der Waals surface area contributed by atoms with Crippen LogP contribution in [0.3, 0.4) is 0 Å². The molecule has 0 aromatic rings. The molecule has 0 aliphatic heterocycles. The summed E-state index contributed by atoms with van der Waals surface area (Å²) < 4.78 is 0. The molecule has 0 aromatic carbocycles. The number of carbonyl (C=O) groups excluding carboxylic acids is 2. The Morgan fingerprint density at radius 3 is 2.10 bits per heavy atom. The lowest BCUT2D eigenvalue weighted by molar-refractivity contribution is -0.145. The molecule has 2 amide bonds. The number of carbonyl (C=O) groups is 2. The molecule has 2 fully saturated rings. The maximum Gasteiger partial charge on any atom is 0.228 e. The first-order valence-corrected chi connectivity index (χ1v) is 7.99. The van der Waals surface area contributed by atoms with Crippen LogP contribution in [0.4, 0.5) is 0 Å². The summed E-state index contributed by atoms with van der Waals surface area (Å²) in [6, 6.07) is 0. The summed E-state index contributed by atoms with van der Waals surface area (Å²) in [6.07, 6.45) is 5.20. The summed E-state index contributed by atoms with van der Waals surface area (Å²) in [6.45, 7) is 4.43. The van der Waals surface area contributed by atoms with Crippen molar-refractivity contribution in [2.75, 3.05) is 20.1 Å². The molecule has 5 heteroatoms. The van der Waals surface area contributed by atoms with Gasteiger partial charge in [0.05, 0.1) is 6.10 Å². The number of amides is 2. The molecule has 5 nitrogen and oxygen atoms in total. The highest BCUT2D eigenvalue weighted by Crippen LogP contribution is 2.42. The first-order chi connectivity index (χ1) is 9.77. The van der Waals surface area contributed by atoms with E-state index in [1.807, 2.05) is 13.8 Å². The number of rotatable bonds is 6. The molecule has 0 heterocycles. The second-order valence-corrected chi connectivity index (χ2v) is 7.38. The van der Waals surface area contributed by atoms with Crippen molar-refractivity contribution in [3.8, 4) is 0 Å². The number of hydrogen-bond acceptors (Lipinski definition) is 3. The van der Waals surface area contributed by atoms with Gasteiger partial charge in [0.2, 0.25) is 11.8 Å². The summed E-state index contributed by atoms with van der Waals surface area (Å²) in [5, 5.41) is 12.8. The van der Waals surface area contributed by atoms with Crippen molar-refractivity contribution in [3.63, 3.8) is 0 Å². The average Bonchev–Trinajstić information content (AvgIpc) is 2.38. The lowest BCUT2D eigenvalue weighted by Crippen LogP contribution is -2.50. The van der Waals surface area contributed by atoms with Gasteiger partial charge in [-0.3, -0.25) is 9.59 Å². The Bertz CT molecular complexity index is 414. The van der Waals surface area contributed by atoms with Gasteiger partial charge in [0, 0.05) is 31.0 Å². The average molecular weight is 296 g/mol. The van der Waals surface area contributed by atoms with E-state index in [2.05, 4.69) is 5.32 Å². The van der Waals surface area contributed by atoms with Gasteiger partial charge in [0.25, 0.3) is 0 Å². The van der Waals surface area contributed by atoms with Crippen LogP contribution in [0, 0.1) is 10.8 Å². The summed E-state index contributed by atoms with van der Waals surface area (Å²) >= 11 is 0. The Labute approximate surface area is 127 Å². The normalized spacial score (nSPS) is 23.4. The molecule has 2 aliphatic carbocycles. The van der Waals surface area contributed by atoms with Gasteiger partial charge in [0.1, 0.15) is 0 Å². The molecule has 0 radical (unpaired) electrons. The van der Waals surface area contributed by atoms with E-state index in [0.717, 1.165) is 38.5 Å². The molecule has 2 rings (SSSR count). The van der Waals surface area contributed by atoms with E-state index < -0.39 is 6.10 Å². The second kappa shape index (κ2) is 5.95. The van der Waals surface area contributed by atoms with Crippen LogP contribution in [0.1, 0.15) is 52.4 Å².